The summed E-state index contributed by atoms with van der Waals surface area (Å²) in [4.78, 5) is 10.4. The fourth-order valence-corrected chi connectivity index (χ4v) is 8.03. The third kappa shape index (κ3) is 6.20. The van der Waals surface area contributed by atoms with Crippen molar-refractivity contribution in [3.63, 3.8) is 0 Å². The highest BCUT2D eigenvalue weighted by Crippen LogP contribution is 2.43. The number of para-hydroxylation sites is 1. The van der Waals surface area contributed by atoms with E-state index in [9.17, 15) is 0 Å². The molecule has 3 aromatic heterocycles. The third-order valence-corrected chi connectivity index (χ3v) is 11.2. The van der Waals surface area contributed by atoms with Crippen LogP contribution < -0.4 is 0 Å². The molecule has 0 saturated carbocycles. The molecule has 3 heterocycles. The predicted octanol–water partition coefficient (Wildman–Crippen LogP) is 14.5. The molecule has 4 nitrogen and oxygen atoms in total. The van der Waals surface area contributed by atoms with Crippen molar-refractivity contribution in [2.45, 2.75) is 65.7 Å². The molecule has 9 aromatic rings. The molecule has 0 amide bonds. The van der Waals surface area contributed by atoms with Crippen LogP contribution in [0, 0.1) is 0 Å². The Bertz CT molecular complexity index is 2840. The molecule has 56 heavy (non-hydrogen) atoms. The molecule has 0 fully saturated rings. The monoisotopic (exact) mass is 729 g/mol. The van der Waals surface area contributed by atoms with E-state index in [4.69, 9.17) is 14.4 Å². The van der Waals surface area contributed by atoms with Gasteiger partial charge in [-0.1, -0.05) is 152 Å². The standard InChI is InChI=1S/C52H47N3O/c1-32(2)44-27-39(35-17-12-9-13-18-35)28-45(33(3)4)48(44)55-46-30-40(52(5,6)7)31-53-50(46)54-51(55)43-20-14-19-42-41-26-25-38(29-47(41)56-49(42)43)37-23-21-36(22-24-37)34-15-10-8-11-16-34/h8-33H,1-7H3. The summed E-state index contributed by atoms with van der Waals surface area (Å²) in [6.07, 6.45) is 1.99. The number of fused-ring (bicyclic) bond motifs is 4. The Morgan fingerprint density at radius 1 is 0.554 bits per heavy atom. The lowest BCUT2D eigenvalue weighted by atomic mass is 9.87. The van der Waals surface area contributed by atoms with Crippen LogP contribution in [0.15, 0.2) is 150 Å². The summed E-state index contributed by atoms with van der Waals surface area (Å²) in [5.74, 6) is 1.32. The van der Waals surface area contributed by atoms with Crippen molar-refractivity contribution in [3.05, 3.63) is 162 Å². The van der Waals surface area contributed by atoms with Crippen LogP contribution in [0.25, 0.3) is 83.6 Å². The van der Waals surface area contributed by atoms with E-state index < -0.39 is 0 Å². The zero-order chi connectivity index (χ0) is 38.7. The maximum Gasteiger partial charge on any atom is 0.178 e. The van der Waals surface area contributed by atoms with E-state index >= 15 is 0 Å². The van der Waals surface area contributed by atoms with Crippen LogP contribution in [-0.4, -0.2) is 14.5 Å². The van der Waals surface area contributed by atoms with Crippen molar-refractivity contribution in [2.75, 3.05) is 0 Å². The highest BCUT2D eigenvalue weighted by molar-refractivity contribution is 6.10. The maximum absolute atomic E-state index is 6.92. The van der Waals surface area contributed by atoms with E-state index in [1.165, 1.54) is 44.6 Å². The second kappa shape index (κ2) is 13.8. The molecule has 6 aromatic carbocycles. The first kappa shape index (κ1) is 35.4. The molecule has 0 aliphatic heterocycles. The topological polar surface area (TPSA) is 43.9 Å². The molecule has 0 unspecified atom stereocenters. The summed E-state index contributed by atoms with van der Waals surface area (Å²) >= 11 is 0. The summed E-state index contributed by atoms with van der Waals surface area (Å²) in [6, 6.07) is 50.1. The molecule has 0 bridgehead atoms. The van der Waals surface area contributed by atoms with E-state index in [0.29, 0.717) is 0 Å². The third-order valence-electron chi connectivity index (χ3n) is 11.2. The Labute approximate surface area is 329 Å². The second-order valence-corrected chi connectivity index (χ2v) is 16.7. The summed E-state index contributed by atoms with van der Waals surface area (Å²) in [7, 11) is 0. The highest BCUT2D eigenvalue weighted by Gasteiger charge is 2.27. The van der Waals surface area contributed by atoms with Crippen molar-refractivity contribution < 1.29 is 4.42 Å². The molecule has 0 aliphatic rings. The van der Waals surface area contributed by atoms with Crippen molar-refractivity contribution in [3.8, 4) is 50.5 Å². The number of nitrogens with zero attached hydrogens (tertiary/aromatic N) is 3. The molecule has 4 heteroatoms. The first-order chi connectivity index (χ1) is 27.0. The van der Waals surface area contributed by atoms with Gasteiger partial charge in [0.15, 0.2) is 11.5 Å². The van der Waals surface area contributed by atoms with E-state index in [0.717, 1.165) is 55.6 Å². The van der Waals surface area contributed by atoms with Crippen LogP contribution in [0.2, 0.25) is 0 Å². The highest BCUT2D eigenvalue weighted by atomic mass is 16.3. The fourth-order valence-electron chi connectivity index (χ4n) is 8.03. The van der Waals surface area contributed by atoms with Crippen LogP contribution in [0.1, 0.15) is 77.0 Å². The van der Waals surface area contributed by atoms with E-state index in [-0.39, 0.29) is 17.3 Å². The van der Waals surface area contributed by atoms with Gasteiger partial charge < -0.3 is 4.42 Å². The number of aromatic nitrogens is 3. The molecule has 0 saturated heterocycles. The zero-order valence-corrected chi connectivity index (χ0v) is 33.3. The van der Waals surface area contributed by atoms with Crippen LogP contribution in [0.3, 0.4) is 0 Å². The van der Waals surface area contributed by atoms with E-state index in [1.54, 1.807) is 0 Å². The summed E-state index contributed by atoms with van der Waals surface area (Å²) in [6.45, 7) is 15.9. The Morgan fingerprint density at radius 2 is 1.12 bits per heavy atom. The van der Waals surface area contributed by atoms with Crippen molar-refractivity contribution in [1.29, 1.82) is 0 Å². The molecule has 9 rings (SSSR count). The summed E-state index contributed by atoms with van der Waals surface area (Å²) in [5.41, 5.74) is 16.3. The summed E-state index contributed by atoms with van der Waals surface area (Å²) < 4.78 is 9.30. The van der Waals surface area contributed by atoms with Gasteiger partial charge in [0, 0.05) is 17.0 Å². The van der Waals surface area contributed by atoms with Crippen molar-refractivity contribution in [2.24, 2.45) is 0 Å². The minimum absolute atomic E-state index is 0.0896. The van der Waals surface area contributed by atoms with Crippen molar-refractivity contribution in [1.82, 2.24) is 14.5 Å². The van der Waals surface area contributed by atoms with Crippen LogP contribution in [0.4, 0.5) is 0 Å². The largest absolute Gasteiger partial charge is 0.455 e. The summed E-state index contributed by atoms with van der Waals surface area (Å²) in [5, 5.41) is 2.15. The number of pyridine rings is 1. The first-order valence-corrected chi connectivity index (χ1v) is 19.8. The van der Waals surface area contributed by atoms with Crippen LogP contribution in [-0.2, 0) is 5.41 Å². The molecule has 0 atom stereocenters. The number of hydrogen-bond donors (Lipinski definition) is 0. The van der Waals surface area contributed by atoms with Gasteiger partial charge >= 0.3 is 0 Å². The van der Waals surface area contributed by atoms with Gasteiger partial charge in [-0.15, -0.1) is 0 Å². The average molecular weight is 730 g/mol. The minimum atomic E-state index is -0.0896. The molecule has 0 aliphatic carbocycles. The van der Waals surface area contributed by atoms with Gasteiger partial charge in [-0.05, 0) is 104 Å². The van der Waals surface area contributed by atoms with Crippen molar-refractivity contribution >= 4 is 33.1 Å². The zero-order valence-electron chi connectivity index (χ0n) is 33.3. The number of hydrogen-bond acceptors (Lipinski definition) is 3. The van der Waals surface area contributed by atoms with Gasteiger partial charge in [0.1, 0.15) is 11.2 Å². The second-order valence-electron chi connectivity index (χ2n) is 16.7. The maximum atomic E-state index is 6.92. The molecule has 0 N–H and O–H groups in total. The number of imidazole rings is 1. The Hall–Kier alpha value is -6.26. The SMILES string of the molecule is CC(C)c1cc(-c2ccccc2)cc(C(C)C)c1-n1c(-c2cccc3c2oc2cc(-c4ccc(-c5ccccc5)cc4)ccc23)nc2ncc(C(C)(C)C)cc21. The number of rotatable bonds is 7. The minimum Gasteiger partial charge on any atom is -0.455 e. The molecule has 0 spiro atoms. The average Bonchev–Trinajstić information content (AvgIpc) is 3.78. The molecular formula is C52H47N3O. The van der Waals surface area contributed by atoms with Gasteiger partial charge in [0.05, 0.1) is 16.8 Å². The fraction of sp³-hybridized carbons (Fsp3) is 0.192. The lowest BCUT2D eigenvalue weighted by Crippen LogP contribution is -2.12. The number of furan rings is 1. The van der Waals surface area contributed by atoms with Gasteiger partial charge in [-0.25, -0.2) is 9.97 Å². The predicted molar refractivity (Wildman–Crippen MR) is 235 cm³/mol. The smallest absolute Gasteiger partial charge is 0.178 e. The normalized spacial score (nSPS) is 12.2. The molecule has 276 valence electrons. The molecule has 0 radical (unpaired) electrons. The van der Waals surface area contributed by atoms with Crippen LogP contribution in [0.5, 0.6) is 0 Å². The van der Waals surface area contributed by atoms with Gasteiger partial charge in [0.25, 0.3) is 0 Å². The Balaban J connectivity index is 1.27. The van der Waals surface area contributed by atoms with Crippen LogP contribution >= 0.6 is 0 Å². The van der Waals surface area contributed by atoms with Gasteiger partial charge in [-0.3, -0.25) is 4.57 Å². The molecular weight excluding hydrogens is 683 g/mol. The lowest BCUT2D eigenvalue weighted by molar-refractivity contribution is 0.588. The Morgan fingerprint density at radius 3 is 1.73 bits per heavy atom. The van der Waals surface area contributed by atoms with Gasteiger partial charge in [-0.2, -0.15) is 0 Å². The quantitative estimate of drug-likeness (QED) is 0.164. The Kier molecular flexibility index (Phi) is 8.73. The van der Waals surface area contributed by atoms with Gasteiger partial charge in [0.2, 0.25) is 0 Å². The number of benzene rings is 6. The lowest BCUT2D eigenvalue weighted by Gasteiger charge is -2.25. The first-order valence-electron chi connectivity index (χ1n) is 19.8. The van der Waals surface area contributed by atoms with E-state index in [2.05, 4.69) is 193 Å². The van der Waals surface area contributed by atoms with E-state index in [1.807, 2.05) is 6.20 Å².